The highest BCUT2D eigenvalue weighted by Crippen LogP contribution is 2.26. The predicted octanol–water partition coefficient (Wildman–Crippen LogP) is 2.12. The molecule has 0 aromatic heterocycles. The van der Waals surface area contributed by atoms with E-state index in [4.69, 9.17) is 4.74 Å². The van der Waals surface area contributed by atoms with Crippen LogP contribution in [0.5, 0.6) is 0 Å². The van der Waals surface area contributed by atoms with Crippen LogP contribution in [0.2, 0.25) is 0 Å². The third-order valence-corrected chi connectivity index (χ3v) is 4.79. The number of piperazine rings is 1. The van der Waals surface area contributed by atoms with E-state index < -0.39 is 5.60 Å². The lowest BCUT2D eigenvalue weighted by Crippen LogP contribution is -2.53. The Morgan fingerprint density at radius 2 is 1.59 bits per heavy atom. The first-order valence-electron chi connectivity index (χ1n) is 9.37. The Morgan fingerprint density at radius 3 is 2.19 bits per heavy atom. The molecule has 3 rings (SSSR count). The van der Waals surface area contributed by atoms with Crippen LogP contribution in [-0.2, 0) is 14.3 Å². The Labute approximate surface area is 159 Å². The summed E-state index contributed by atoms with van der Waals surface area (Å²) in [6.07, 6.45) is -0.110. The average Bonchev–Trinajstić information content (AvgIpc) is 3.02. The zero-order chi connectivity index (χ0) is 19.6. The van der Waals surface area contributed by atoms with Crippen molar-refractivity contribution in [3.05, 3.63) is 30.3 Å². The van der Waals surface area contributed by atoms with E-state index in [0.717, 1.165) is 5.69 Å². The molecule has 1 unspecified atom stereocenters. The lowest BCUT2D eigenvalue weighted by molar-refractivity contribution is -0.137. The van der Waals surface area contributed by atoms with E-state index in [1.165, 1.54) is 0 Å². The van der Waals surface area contributed by atoms with Crippen LogP contribution < -0.4 is 4.90 Å². The Morgan fingerprint density at radius 1 is 1.00 bits per heavy atom. The van der Waals surface area contributed by atoms with Crippen LogP contribution in [0, 0.1) is 5.92 Å². The number of amides is 3. The lowest BCUT2D eigenvalue weighted by Gasteiger charge is -2.36. The molecule has 7 nitrogen and oxygen atoms in total. The van der Waals surface area contributed by atoms with Gasteiger partial charge in [-0.15, -0.1) is 0 Å². The van der Waals surface area contributed by atoms with Gasteiger partial charge in [-0.2, -0.15) is 0 Å². The Bertz CT molecular complexity index is 706. The second-order valence-electron chi connectivity index (χ2n) is 8.03. The monoisotopic (exact) mass is 373 g/mol. The molecule has 2 aliphatic rings. The van der Waals surface area contributed by atoms with Gasteiger partial charge in [-0.3, -0.25) is 9.59 Å². The number of anilines is 1. The van der Waals surface area contributed by atoms with Gasteiger partial charge in [0, 0.05) is 44.8 Å². The van der Waals surface area contributed by atoms with Crippen molar-refractivity contribution >= 4 is 23.6 Å². The standard InChI is InChI=1S/C20H27N3O4/c1-20(2,3)27-19(26)22-11-9-21(10-12-22)18(25)15-13-17(24)23(14-15)16-7-5-4-6-8-16/h4-8,15H,9-14H2,1-3H3. The number of para-hydroxylation sites is 1. The van der Waals surface area contributed by atoms with Crippen molar-refractivity contribution in [2.75, 3.05) is 37.6 Å². The Balaban J connectivity index is 1.54. The first-order valence-corrected chi connectivity index (χ1v) is 9.37. The number of hydrogen-bond acceptors (Lipinski definition) is 4. The van der Waals surface area contributed by atoms with E-state index in [2.05, 4.69) is 0 Å². The van der Waals surface area contributed by atoms with Crippen molar-refractivity contribution in [1.82, 2.24) is 9.80 Å². The van der Waals surface area contributed by atoms with Gasteiger partial charge >= 0.3 is 6.09 Å². The topological polar surface area (TPSA) is 70.2 Å². The molecule has 2 heterocycles. The van der Waals surface area contributed by atoms with Crippen molar-refractivity contribution in [2.24, 2.45) is 5.92 Å². The minimum atomic E-state index is -0.533. The van der Waals surface area contributed by atoms with E-state index in [0.29, 0.717) is 32.7 Å². The molecule has 3 amide bonds. The predicted molar refractivity (Wildman–Crippen MR) is 101 cm³/mol. The van der Waals surface area contributed by atoms with Crippen molar-refractivity contribution < 1.29 is 19.1 Å². The molecule has 2 aliphatic heterocycles. The molecule has 2 saturated heterocycles. The minimum Gasteiger partial charge on any atom is -0.444 e. The molecule has 2 fully saturated rings. The van der Waals surface area contributed by atoms with Gasteiger partial charge in [0.1, 0.15) is 5.60 Å². The summed E-state index contributed by atoms with van der Waals surface area (Å²) in [5, 5.41) is 0. The van der Waals surface area contributed by atoms with Crippen LogP contribution in [0.1, 0.15) is 27.2 Å². The zero-order valence-electron chi connectivity index (χ0n) is 16.2. The summed E-state index contributed by atoms with van der Waals surface area (Å²) < 4.78 is 5.38. The SMILES string of the molecule is CC(C)(C)OC(=O)N1CCN(C(=O)C2CC(=O)N(c3ccccc3)C2)CC1. The molecule has 0 saturated carbocycles. The first kappa shape index (κ1) is 19.2. The summed E-state index contributed by atoms with van der Waals surface area (Å²) in [5.74, 6) is -0.358. The highest BCUT2D eigenvalue weighted by Gasteiger charge is 2.38. The van der Waals surface area contributed by atoms with E-state index in [-0.39, 0.29) is 30.2 Å². The Hall–Kier alpha value is -2.57. The average molecular weight is 373 g/mol. The highest BCUT2D eigenvalue weighted by molar-refractivity contribution is 6.00. The van der Waals surface area contributed by atoms with Gasteiger partial charge in [0.25, 0.3) is 0 Å². The highest BCUT2D eigenvalue weighted by atomic mass is 16.6. The van der Waals surface area contributed by atoms with Crippen molar-refractivity contribution in [3.63, 3.8) is 0 Å². The van der Waals surface area contributed by atoms with Crippen molar-refractivity contribution in [3.8, 4) is 0 Å². The molecule has 1 atom stereocenters. The van der Waals surface area contributed by atoms with Crippen molar-refractivity contribution in [2.45, 2.75) is 32.8 Å². The van der Waals surface area contributed by atoms with E-state index in [1.807, 2.05) is 51.1 Å². The van der Waals surface area contributed by atoms with Crippen molar-refractivity contribution in [1.29, 1.82) is 0 Å². The Kier molecular flexibility index (Phi) is 5.39. The number of carbonyl (C=O) groups excluding carboxylic acids is 3. The molecular formula is C20H27N3O4. The molecule has 0 spiro atoms. The van der Waals surface area contributed by atoms with Gasteiger partial charge in [-0.05, 0) is 32.9 Å². The van der Waals surface area contributed by atoms with Crippen LogP contribution in [0.25, 0.3) is 0 Å². The van der Waals surface area contributed by atoms with Gasteiger partial charge in [0.05, 0.1) is 5.92 Å². The normalized spacial score (nSPS) is 20.8. The fourth-order valence-electron chi connectivity index (χ4n) is 3.42. The number of rotatable bonds is 2. The van der Waals surface area contributed by atoms with Crippen LogP contribution in [0.4, 0.5) is 10.5 Å². The third kappa shape index (κ3) is 4.59. The second kappa shape index (κ2) is 7.58. The molecular weight excluding hydrogens is 346 g/mol. The summed E-state index contributed by atoms with van der Waals surface area (Å²) in [6, 6.07) is 9.42. The molecule has 7 heteroatoms. The summed E-state index contributed by atoms with van der Waals surface area (Å²) in [5.41, 5.74) is 0.294. The quantitative estimate of drug-likeness (QED) is 0.796. The van der Waals surface area contributed by atoms with Crippen LogP contribution in [-0.4, -0.2) is 66.0 Å². The van der Waals surface area contributed by atoms with Gasteiger partial charge in [0.15, 0.2) is 0 Å². The molecule has 0 aliphatic carbocycles. The molecule has 146 valence electrons. The molecule has 0 N–H and O–H groups in total. The smallest absolute Gasteiger partial charge is 0.410 e. The largest absolute Gasteiger partial charge is 0.444 e. The van der Waals surface area contributed by atoms with E-state index in [9.17, 15) is 14.4 Å². The summed E-state index contributed by atoms with van der Waals surface area (Å²) in [6.45, 7) is 7.74. The fourth-order valence-corrected chi connectivity index (χ4v) is 3.42. The van der Waals surface area contributed by atoms with E-state index in [1.54, 1.807) is 14.7 Å². The number of nitrogens with zero attached hydrogens (tertiary/aromatic N) is 3. The second-order valence-corrected chi connectivity index (χ2v) is 8.03. The van der Waals surface area contributed by atoms with Gasteiger partial charge in [0.2, 0.25) is 11.8 Å². The van der Waals surface area contributed by atoms with Crippen LogP contribution in [0.15, 0.2) is 30.3 Å². The van der Waals surface area contributed by atoms with Crippen LogP contribution >= 0.6 is 0 Å². The summed E-state index contributed by atoms with van der Waals surface area (Å²) in [4.78, 5) is 42.4. The molecule has 0 bridgehead atoms. The lowest BCUT2D eigenvalue weighted by atomic mass is 10.1. The minimum absolute atomic E-state index is 0.00869. The molecule has 1 aromatic rings. The molecule has 27 heavy (non-hydrogen) atoms. The number of ether oxygens (including phenoxy) is 1. The van der Waals surface area contributed by atoms with E-state index >= 15 is 0 Å². The third-order valence-electron chi connectivity index (χ3n) is 4.79. The maximum atomic E-state index is 12.8. The molecule has 1 aromatic carbocycles. The first-order chi connectivity index (χ1) is 12.7. The van der Waals surface area contributed by atoms with Gasteiger partial charge in [-0.25, -0.2) is 4.79 Å². The maximum absolute atomic E-state index is 12.8. The maximum Gasteiger partial charge on any atom is 0.410 e. The number of benzene rings is 1. The van der Waals surface area contributed by atoms with Crippen LogP contribution in [0.3, 0.4) is 0 Å². The number of hydrogen-bond donors (Lipinski definition) is 0. The number of carbonyl (C=O) groups is 3. The summed E-state index contributed by atoms with van der Waals surface area (Å²) in [7, 11) is 0. The van der Waals surface area contributed by atoms with Gasteiger partial charge in [-0.1, -0.05) is 18.2 Å². The zero-order valence-corrected chi connectivity index (χ0v) is 16.2. The van der Waals surface area contributed by atoms with Gasteiger partial charge < -0.3 is 19.4 Å². The fraction of sp³-hybridized carbons (Fsp3) is 0.550. The molecule has 0 radical (unpaired) electrons. The summed E-state index contributed by atoms with van der Waals surface area (Å²) >= 11 is 0.